The van der Waals surface area contributed by atoms with Crippen molar-refractivity contribution in [2.75, 3.05) is 0 Å². The summed E-state index contributed by atoms with van der Waals surface area (Å²) >= 11 is -3.24. The number of rotatable bonds is 8. The van der Waals surface area contributed by atoms with E-state index in [1.54, 1.807) is 20.9 Å². The molecule has 0 N–H and O–H groups in total. The first-order valence-corrected chi connectivity index (χ1v) is 25.5. The fourth-order valence-electron chi connectivity index (χ4n) is 9.52. The first-order chi connectivity index (χ1) is 28.1. The van der Waals surface area contributed by atoms with Gasteiger partial charge in [0.2, 0.25) is 0 Å². The largest absolute Gasteiger partial charge is 1.00 e. The fraction of sp³-hybridized carbons (Fsp3) is 0.293. The van der Waals surface area contributed by atoms with E-state index in [4.69, 9.17) is 0 Å². The van der Waals surface area contributed by atoms with E-state index in [0.29, 0.717) is 0 Å². The van der Waals surface area contributed by atoms with Gasteiger partial charge in [0.25, 0.3) is 0 Å². The average Bonchev–Trinajstić information content (AvgIpc) is 3.85. The zero-order valence-electron chi connectivity index (χ0n) is 38.2. The molecule has 312 valence electrons. The van der Waals surface area contributed by atoms with Crippen molar-refractivity contribution in [2.24, 2.45) is 5.41 Å². The molecule has 61 heavy (non-hydrogen) atoms. The van der Waals surface area contributed by atoms with E-state index in [2.05, 4.69) is 216 Å². The van der Waals surface area contributed by atoms with Gasteiger partial charge in [0.1, 0.15) is 0 Å². The number of halogens is 2. The Morgan fingerprint density at radius 3 is 1.59 bits per heavy atom. The maximum absolute atomic E-state index is 3.24. The summed E-state index contributed by atoms with van der Waals surface area (Å²) in [6.45, 7) is 26.3. The van der Waals surface area contributed by atoms with Crippen LogP contribution in [0.5, 0.6) is 0 Å². The summed E-state index contributed by atoms with van der Waals surface area (Å²) < 4.78 is 5.00. The Labute approximate surface area is 387 Å². The van der Waals surface area contributed by atoms with Crippen molar-refractivity contribution in [2.45, 2.75) is 106 Å². The van der Waals surface area contributed by atoms with Crippen LogP contribution in [0.2, 0.25) is 0 Å². The molecular formula is C58H62Cl2Zr. The van der Waals surface area contributed by atoms with Crippen LogP contribution in [0.3, 0.4) is 0 Å². The number of fused-ring (bicyclic) bond motifs is 3. The molecule has 0 nitrogen and oxygen atoms in total. The molecule has 0 fully saturated rings. The van der Waals surface area contributed by atoms with Gasteiger partial charge in [-0.2, -0.15) is 0 Å². The van der Waals surface area contributed by atoms with Gasteiger partial charge in [0.15, 0.2) is 0 Å². The summed E-state index contributed by atoms with van der Waals surface area (Å²) in [4.78, 5) is 0. The SMILES string of the molecule is CCC(C)(C)C1=[C]([Zr+2](=[C](c2ccc(C)cc2)c2ccc(C)cc2)[c]2c3c(cc(C(C)(C)C)c2-c2ccccc2)-c2cc(C(C)(C)C)c(-c4ccccc4)cc2C3)CC=C1.[Cl-].[Cl-]. The molecule has 0 spiro atoms. The van der Waals surface area contributed by atoms with Gasteiger partial charge in [-0.1, -0.05) is 0 Å². The normalized spacial score (nSPS) is 13.2. The predicted octanol–water partition coefficient (Wildman–Crippen LogP) is 8.97. The number of aryl methyl sites for hydroxylation is 2. The molecule has 0 amide bonds. The summed E-state index contributed by atoms with van der Waals surface area (Å²) in [6.07, 6.45) is 8.09. The maximum Gasteiger partial charge on any atom is -1.00 e. The van der Waals surface area contributed by atoms with Crippen LogP contribution in [0, 0.1) is 19.3 Å². The van der Waals surface area contributed by atoms with E-state index >= 15 is 0 Å². The summed E-state index contributed by atoms with van der Waals surface area (Å²) in [5.41, 5.74) is 21.2. The molecule has 6 aromatic carbocycles. The molecule has 2 aliphatic rings. The Morgan fingerprint density at radius 2 is 1.08 bits per heavy atom. The minimum absolute atomic E-state index is 0. The minimum atomic E-state index is -3.24. The second-order valence-electron chi connectivity index (χ2n) is 19.9. The standard InChI is InChI=1S/C33H33.C15H14.C10H15.2ClH.Zr/c1-32(2,3)30-20-26-24(18-28(30)22-13-9-7-10-14-22)17-25-19-29(23-15-11-8-12-16-23)31(21-27(25)26)33(4,5)6;1-12-3-7-14(8-4-12)11-15-9-5-13(2)6-10-15;1-4-10(2,3)9-7-5-6-8-9;;;/h7-16,18,20-21H,17H2,1-6H3;3-10H,1-2H3;5,7H,4,6H2,1-3H3;2*1H;/q;;;;;+2/p-2. The first kappa shape index (κ1) is 46.6. The predicted molar refractivity (Wildman–Crippen MR) is 253 cm³/mol. The minimum Gasteiger partial charge on any atom is -1.00 e. The van der Waals surface area contributed by atoms with Crippen LogP contribution in [0.1, 0.15) is 120 Å². The topological polar surface area (TPSA) is 0 Å². The Bertz CT molecular complexity index is 2600. The second kappa shape index (κ2) is 18.1. The zero-order chi connectivity index (χ0) is 41.9. The molecule has 0 aromatic heterocycles. The van der Waals surface area contributed by atoms with Crippen LogP contribution in [-0.2, 0) is 38.5 Å². The Hall–Kier alpha value is -3.87. The third-order valence-corrected chi connectivity index (χ3v) is 21.0. The van der Waals surface area contributed by atoms with Crippen LogP contribution >= 0.6 is 0 Å². The van der Waals surface area contributed by atoms with Crippen molar-refractivity contribution in [1.82, 2.24) is 0 Å². The van der Waals surface area contributed by atoms with Crippen molar-refractivity contribution < 1.29 is 46.1 Å². The van der Waals surface area contributed by atoms with E-state index in [9.17, 15) is 0 Å². The number of allylic oxidation sites excluding steroid dienone is 4. The number of benzene rings is 6. The maximum atomic E-state index is 2.64. The summed E-state index contributed by atoms with van der Waals surface area (Å²) in [5, 5.41) is 0. The van der Waals surface area contributed by atoms with Crippen LogP contribution in [0.15, 0.2) is 148 Å². The molecule has 2 aliphatic carbocycles. The third kappa shape index (κ3) is 9.01. The van der Waals surface area contributed by atoms with Crippen molar-refractivity contribution in [3.05, 3.63) is 193 Å². The van der Waals surface area contributed by atoms with Crippen LogP contribution in [-0.4, -0.2) is 3.21 Å². The van der Waals surface area contributed by atoms with E-state index in [-0.39, 0.29) is 41.1 Å². The number of hydrogen-bond donors (Lipinski definition) is 0. The van der Waals surface area contributed by atoms with Gasteiger partial charge < -0.3 is 24.8 Å². The molecule has 0 aliphatic heterocycles. The Kier molecular flexibility index (Phi) is 13.8. The number of hydrogen-bond acceptors (Lipinski definition) is 0. The third-order valence-electron chi connectivity index (χ3n) is 13.1. The zero-order valence-corrected chi connectivity index (χ0v) is 42.1. The molecular weight excluding hydrogens is 859 g/mol. The molecule has 0 heterocycles. The molecule has 3 heteroatoms. The first-order valence-electron chi connectivity index (χ1n) is 21.8. The molecule has 0 saturated carbocycles. The van der Waals surface area contributed by atoms with Crippen molar-refractivity contribution >= 4 is 6.48 Å². The summed E-state index contributed by atoms with van der Waals surface area (Å²) in [6, 6.07) is 49.5. The van der Waals surface area contributed by atoms with Crippen molar-refractivity contribution in [3.63, 3.8) is 0 Å². The van der Waals surface area contributed by atoms with Gasteiger partial charge in [0.05, 0.1) is 0 Å². The van der Waals surface area contributed by atoms with E-state index in [0.717, 1.165) is 19.3 Å². The van der Waals surface area contributed by atoms with E-state index in [1.165, 1.54) is 72.3 Å². The van der Waals surface area contributed by atoms with Gasteiger partial charge in [-0.15, -0.1) is 0 Å². The van der Waals surface area contributed by atoms with Gasteiger partial charge in [0, 0.05) is 0 Å². The second-order valence-corrected chi connectivity index (χ2v) is 25.7. The van der Waals surface area contributed by atoms with Gasteiger partial charge in [-0.25, -0.2) is 0 Å². The molecule has 0 bridgehead atoms. The smallest absolute Gasteiger partial charge is 1.00 e. The Balaban J connectivity index is 0.00000311. The van der Waals surface area contributed by atoms with Crippen LogP contribution < -0.4 is 28.1 Å². The van der Waals surface area contributed by atoms with Crippen LogP contribution in [0.4, 0.5) is 0 Å². The molecule has 6 aromatic rings. The van der Waals surface area contributed by atoms with Crippen LogP contribution in [0.25, 0.3) is 33.4 Å². The monoisotopic (exact) mass is 918 g/mol. The van der Waals surface area contributed by atoms with Gasteiger partial charge in [-0.3, -0.25) is 0 Å². The van der Waals surface area contributed by atoms with E-state index in [1.807, 2.05) is 0 Å². The fourth-order valence-corrected chi connectivity index (χ4v) is 18.9. The van der Waals surface area contributed by atoms with Crippen molar-refractivity contribution in [1.29, 1.82) is 0 Å². The molecule has 0 atom stereocenters. The summed E-state index contributed by atoms with van der Waals surface area (Å²) in [5.74, 6) is 0. The molecule has 0 saturated heterocycles. The van der Waals surface area contributed by atoms with Gasteiger partial charge >= 0.3 is 366 Å². The molecule has 0 radical (unpaired) electrons. The van der Waals surface area contributed by atoms with Crippen molar-refractivity contribution in [3.8, 4) is 33.4 Å². The Morgan fingerprint density at radius 1 is 0.574 bits per heavy atom. The molecule has 0 unspecified atom stereocenters. The quantitative estimate of drug-likeness (QED) is 0.143. The van der Waals surface area contributed by atoms with Gasteiger partial charge in [-0.05, 0) is 0 Å². The molecule has 8 rings (SSSR count). The summed E-state index contributed by atoms with van der Waals surface area (Å²) in [7, 11) is 0. The van der Waals surface area contributed by atoms with E-state index < -0.39 is 21.3 Å². The average molecular weight is 921 g/mol.